The van der Waals surface area contributed by atoms with E-state index in [1.807, 2.05) is 58.0 Å². The van der Waals surface area contributed by atoms with E-state index in [2.05, 4.69) is 5.32 Å². The molecule has 1 unspecified atom stereocenters. The number of hydrogen-bond acceptors (Lipinski definition) is 6. The zero-order valence-corrected chi connectivity index (χ0v) is 23.6. The minimum atomic E-state index is -3.85. The zero-order chi connectivity index (χ0) is 27.8. The molecule has 0 bridgehead atoms. The second kappa shape index (κ2) is 12.8. The summed E-state index contributed by atoms with van der Waals surface area (Å²) in [7, 11) is -0.924. The third-order valence-corrected chi connectivity index (χ3v) is 6.84. The van der Waals surface area contributed by atoms with E-state index >= 15 is 0 Å². The number of methoxy groups -OCH3 is 2. The van der Waals surface area contributed by atoms with Gasteiger partial charge in [0.25, 0.3) is 0 Å². The normalized spacial score (nSPS) is 12.4. The van der Waals surface area contributed by atoms with Gasteiger partial charge in [0.2, 0.25) is 21.8 Å². The van der Waals surface area contributed by atoms with Gasteiger partial charge < -0.3 is 19.7 Å². The first-order valence-electron chi connectivity index (χ1n) is 12.2. The molecule has 0 spiro atoms. The van der Waals surface area contributed by atoms with Gasteiger partial charge in [0.05, 0.1) is 26.2 Å². The molecule has 0 saturated carbocycles. The van der Waals surface area contributed by atoms with Crippen LogP contribution in [0, 0.1) is 0 Å². The van der Waals surface area contributed by atoms with Crippen molar-refractivity contribution in [3.8, 4) is 11.5 Å². The molecule has 9 nitrogen and oxygen atoms in total. The van der Waals surface area contributed by atoms with Crippen molar-refractivity contribution >= 4 is 27.5 Å². The average Bonchev–Trinajstić information content (AvgIpc) is 2.83. The summed E-state index contributed by atoms with van der Waals surface area (Å²) in [5.74, 6) is -0.001000. The molecule has 2 amide bonds. The quantitative estimate of drug-likeness (QED) is 0.449. The Morgan fingerprint density at radius 1 is 1.00 bits per heavy atom. The topological polar surface area (TPSA) is 105 Å². The van der Waals surface area contributed by atoms with Crippen molar-refractivity contribution in [3.05, 3.63) is 54.1 Å². The molecule has 0 aliphatic heterocycles. The van der Waals surface area contributed by atoms with Gasteiger partial charge in [0.1, 0.15) is 12.6 Å². The largest absolute Gasteiger partial charge is 0.493 e. The molecular formula is C27H39N3O6S. The summed E-state index contributed by atoms with van der Waals surface area (Å²) in [5.41, 5.74) is 0.770. The standard InChI is InChI=1S/C27H39N3O6S/c1-8-22(26(32)28-27(2,3)4)29(17-16-20-12-10-9-11-13-20)25(31)19-30(37(7,33)34)21-14-15-23(35-5)24(18-21)36-6/h9-15,18,22H,8,16-17,19H2,1-7H3,(H,28,32). The number of sulfonamides is 1. The zero-order valence-electron chi connectivity index (χ0n) is 22.8. The van der Waals surface area contributed by atoms with Crippen molar-refractivity contribution in [2.75, 3.05) is 37.9 Å². The van der Waals surface area contributed by atoms with Crippen LogP contribution in [0.1, 0.15) is 39.7 Å². The first-order valence-corrected chi connectivity index (χ1v) is 14.0. The maximum atomic E-state index is 13.7. The number of hydrogen-bond donors (Lipinski definition) is 1. The number of ether oxygens (including phenoxy) is 2. The molecule has 2 aromatic rings. The number of nitrogens with zero attached hydrogens (tertiary/aromatic N) is 2. The Hall–Kier alpha value is -3.27. The molecule has 0 aliphatic rings. The minimum absolute atomic E-state index is 0.252. The fourth-order valence-corrected chi connectivity index (χ4v) is 4.78. The summed E-state index contributed by atoms with van der Waals surface area (Å²) in [5, 5.41) is 2.95. The van der Waals surface area contributed by atoms with E-state index in [1.165, 1.54) is 25.2 Å². The van der Waals surface area contributed by atoms with E-state index in [9.17, 15) is 18.0 Å². The summed E-state index contributed by atoms with van der Waals surface area (Å²) >= 11 is 0. The van der Waals surface area contributed by atoms with Gasteiger partial charge in [-0.25, -0.2) is 8.42 Å². The van der Waals surface area contributed by atoms with E-state index in [-0.39, 0.29) is 18.1 Å². The molecule has 0 saturated heterocycles. The van der Waals surface area contributed by atoms with Gasteiger partial charge in [0, 0.05) is 18.2 Å². The maximum Gasteiger partial charge on any atom is 0.244 e. The van der Waals surface area contributed by atoms with E-state index in [4.69, 9.17) is 9.47 Å². The van der Waals surface area contributed by atoms with Crippen LogP contribution >= 0.6 is 0 Å². The molecule has 1 atom stereocenters. The van der Waals surface area contributed by atoms with Crippen molar-refractivity contribution in [2.24, 2.45) is 0 Å². The average molecular weight is 534 g/mol. The maximum absolute atomic E-state index is 13.7. The SMILES string of the molecule is CCC(C(=O)NC(C)(C)C)N(CCc1ccccc1)C(=O)CN(c1ccc(OC)c(OC)c1)S(C)(=O)=O. The molecule has 0 aliphatic carbocycles. The van der Waals surface area contributed by atoms with Gasteiger partial charge in [-0.2, -0.15) is 0 Å². The number of nitrogens with one attached hydrogen (secondary N) is 1. The van der Waals surface area contributed by atoms with Crippen LogP contribution in [0.15, 0.2) is 48.5 Å². The lowest BCUT2D eigenvalue weighted by molar-refractivity contribution is -0.140. The number of amides is 2. The van der Waals surface area contributed by atoms with Crippen LogP contribution in [0.25, 0.3) is 0 Å². The summed E-state index contributed by atoms with van der Waals surface area (Å²) < 4.78 is 37.2. The predicted octanol–water partition coefficient (Wildman–Crippen LogP) is 3.23. The Balaban J connectivity index is 2.43. The first-order chi connectivity index (χ1) is 17.3. The number of carbonyl (C=O) groups excluding carboxylic acids is 2. The summed E-state index contributed by atoms with van der Waals surface area (Å²) in [6.45, 7) is 7.23. The monoisotopic (exact) mass is 533 g/mol. The predicted molar refractivity (Wildman–Crippen MR) is 146 cm³/mol. The van der Waals surface area contributed by atoms with Crippen LogP contribution < -0.4 is 19.1 Å². The molecule has 2 aromatic carbocycles. The van der Waals surface area contributed by atoms with Gasteiger partial charge in [-0.3, -0.25) is 13.9 Å². The fraction of sp³-hybridized carbons (Fsp3) is 0.481. The number of carbonyl (C=O) groups is 2. The van der Waals surface area contributed by atoms with Crippen LogP contribution in [0.5, 0.6) is 11.5 Å². The third kappa shape index (κ3) is 8.66. The lowest BCUT2D eigenvalue weighted by atomic mass is 10.1. The molecule has 1 N–H and O–H groups in total. The smallest absolute Gasteiger partial charge is 0.244 e. The summed E-state index contributed by atoms with van der Waals surface area (Å²) in [4.78, 5) is 28.4. The van der Waals surface area contributed by atoms with Gasteiger partial charge in [-0.1, -0.05) is 37.3 Å². The lowest BCUT2D eigenvalue weighted by Crippen LogP contribution is -2.56. The Bertz CT molecular complexity index is 1160. The van der Waals surface area contributed by atoms with E-state index < -0.39 is 34.1 Å². The second-order valence-corrected chi connectivity index (χ2v) is 11.7. The summed E-state index contributed by atoms with van der Waals surface area (Å²) in [6, 6.07) is 13.5. The van der Waals surface area contributed by atoms with Crippen molar-refractivity contribution < 1.29 is 27.5 Å². The molecule has 0 fully saturated rings. The molecular weight excluding hydrogens is 494 g/mol. The van der Waals surface area contributed by atoms with E-state index in [1.54, 1.807) is 12.1 Å². The van der Waals surface area contributed by atoms with E-state index in [0.717, 1.165) is 16.1 Å². The third-order valence-electron chi connectivity index (χ3n) is 5.70. The summed E-state index contributed by atoms with van der Waals surface area (Å²) in [6.07, 6.45) is 1.92. The highest BCUT2D eigenvalue weighted by Crippen LogP contribution is 2.32. The Morgan fingerprint density at radius 3 is 2.14 bits per heavy atom. The molecule has 10 heteroatoms. The van der Waals surface area contributed by atoms with Crippen LogP contribution in [-0.2, 0) is 26.0 Å². The Morgan fingerprint density at radius 2 is 1.62 bits per heavy atom. The molecule has 0 heterocycles. The van der Waals surface area contributed by atoms with Crippen molar-refractivity contribution in [2.45, 2.75) is 52.1 Å². The number of rotatable bonds is 12. The second-order valence-electron chi connectivity index (χ2n) is 9.79. The van der Waals surface area contributed by atoms with Crippen LogP contribution in [0.2, 0.25) is 0 Å². The molecule has 37 heavy (non-hydrogen) atoms. The number of benzene rings is 2. The lowest BCUT2D eigenvalue weighted by Gasteiger charge is -2.34. The van der Waals surface area contributed by atoms with Crippen LogP contribution in [0.4, 0.5) is 5.69 Å². The minimum Gasteiger partial charge on any atom is -0.493 e. The van der Waals surface area contributed by atoms with Gasteiger partial charge in [-0.15, -0.1) is 0 Å². The van der Waals surface area contributed by atoms with Crippen LogP contribution in [-0.4, -0.2) is 70.3 Å². The van der Waals surface area contributed by atoms with Crippen molar-refractivity contribution in [1.82, 2.24) is 10.2 Å². The molecule has 204 valence electrons. The highest BCUT2D eigenvalue weighted by atomic mass is 32.2. The van der Waals surface area contributed by atoms with Gasteiger partial charge >= 0.3 is 0 Å². The number of anilines is 1. The molecule has 0 aromatic heterocycles. The van der Waals surface area contributed by atoms with Crippen molar-refractivity contribution in [3.63, 3.8) is 0 Å². The molecule has 2 rings (SSSR count). The highest BCUT2D eigenvalue weighted by molar-refractivity contribution is 7.92. The van der Waals surface area contributed by atoms with E-state index in [0.29, 0.717) is 24.3 Å². The fourth-order valence-electron chi connectivity index (χ4n) is 3.94. The van der Waals surface area contributed by atoms with Crippen LogP contribution in [0.3, 0.4) is 0 Å². The van der Waals surface area contributed by atoms with Crippen molar-refractivity contribution in [1.29, 1.82) is 0 Å². The molecule has 0 radical (unpaired) electrons. The Labute approximate surface area is 220 Å². The van der Waals surface area contributed by atoms with Gasteiger partial charge in [-0.05, 0) is 51.3 Å². The highest BCUT2D eigenvalue weighted by Gasteiger charge is 2.33. The Kier molecular flexibility index (Phi) is 10.4. The van der Waals surface area contributed by atoms with Gasteiger partial charge in [0.15, 0.2) is 11.5 Å². The first kappa shape index (κ1) is 30.0.